The van der Waals surface area contributed by atoms with Crippen molar-refractivity contribution < 1.29 is 4.74 Å². The van der Waals surface area contributed by atoms with Gasteiger partial charge < -0.3 is 4.74 Å². The van der Waals surface area contributed by atoms with Gasteiger partial charge in [0.2, 0.25) is 0 Å². The highest BCUT2D eigenvalue weighted by Gasteiger charge is 1.92. The van der Waals surface area contributed by atoms with Crippen LogP contribution in [-0.4, -0.2) is 7.11 Å². The lowest BCUT2D eigenvalue weighted by Gasteiger charge is -2.02. The van der Waals surface area contributed by atoms with E-state index >= 15 is 0 Å². The Morgan fingerprint density at radius 3 is 2.30 bits per heavy atom. The summed E-state index contributed by atoms with van der Waals surface area (Å²) in [7, 11) is 1.66. The highest BCUT2D eigenvalue weighted by Crippen LogP contribution is 2.08. The van der Waals surface area contributed by atoms with E-state index in [1.165, 1.54) is 5.57 Å². The predicted molar refractivity (Wildman–Crippen MR) is 44.8 cm³/mol. The first-order chi connectivity index (χ1) is 4.66. The van der Waals surface area contributed by atoms with Crippen LogP contribution >= 0.6 is 0 Å². The summed E-state index contributed by atoms with van der Waals surface area (Å²) in [5.41, 5.74) is 1.23. The van der Waals surface area contributed by atoms with Gasteiger partial charge in [0.05, 0.1) is 12.9 Å². The molecule has 0 aliphatic rings. The first-order valence-corrected chi connectivity index (χ1v) is 3.53. The highest BCUT2D eigenvalue weighted by molar-refractivity contribution is 4.90. The second kappa shape index (κ2) is 5.10. The number of rotatable bonds is 5. The molecular weight excluding hydrogens is 124 g/mol. The molecule has 0 heterocycles. The zero-order valence-corrected chi connectivity index (χ0v) is 6.94. The molecule has 0 N–H and O–H groups in total. The predicted octanol–water partition coefficient (Wildman–Crippen LogP) is 2.89. The van der Waals surface area contributed by atoms with Gasteiger partial charge in [0.1, 0.15) is 0 Å². The first-order valence-electron chi connectivity index (χ1n) is 3.53. The Morgan fingerprint density at radius 1 is 1.30 bits per heavy atom. The Bertz CT molecular complexity index is 125. The van der Waals surface area contributed by atoms with Crippen molar-refractivity contribution in [3.8, 4) is 0 Å². The molecule has 0 unspecified atom stereocenters. The van der Waals surface area contributed by atoms with Crippen molar-refractivity contribution in [3.63, 3.8) is 0 Å². The van der Waals surface area contributed by atoms with Crippen molar-refractivity contribution in [3.05, 3.63) is 24.5 Å². The molecule has 0 bridgehead atoms. The molecule has 0 amide bonds. The summed E-state index contributed by atoms with van der Waals surface area (Å²) in [5, 5.41) is 0. The summed E-state index contributed by atoms with van der Waals surface area (Å²) in [6.45, 7) is 9.56. The van der Waals surface area contributed by atoms with Crippen molar-refractivity contribution in [1.29, 1.82) is 0 Å². The third-order valence-electron chi connectivity index (χ3n) is 1.35. The zero-order valence-electron chi connectivity index (χ0n) is 6.94. The maximum atomic E-state index is 4.91. The highest BCUT2D eigenvalue weighted by atomic mass is 16.5. The summed E-state index contributed by atoms with van der Waals surface area (Å²) in [6, 6.07) is 0. The van der Waals surface area contributed by atoms with Crippen LogP contribution in [0, 0.1) is 0 Å². The molecule has 0 aliphatic heterocycles. The number of hydrogen-bond donors (Lipinski definition) is 0. The lowest BCUT2D eigenvalue weighted by Crippen LogP contribution is -1.84. The molecule has 0 aromatic carbocycles. The van der Waals surface area contributed by atoms with Gasteiger partial charge in [-0.1, -0.05) is 12.2 Å². The third kappa shape index (κ3) is 5.42. The standard InChI is InChI=1S/C9H16O/c1-8(2)6-5-7-9(3)10-4/h1,3,5-7H2,2,4H3. The molecule has 0 spiro atoms. The summed E-state index contributed by atoms with van der Waals surface area (Å²) in [6.07, 6.45) is 3.12. The van der Waals surface area contributed by atoms with E-state index in [0.717, 1.165) is 25.0 Å². The third-order valence-corrected chi connectivity index (χ3v) is 1.35. The Balaban J connectivity index is 3.20. The molecular formula is C9H16O. The van der Waals surface area contributed by atoms with Crippen molar-refractivity contribution in [2.75, 3.05) is 7.11 Å². The van der Waals surface area contributed by atoms with Crippen LogP contribution in [0.3, 0.4) is 0 Å². The van der Waals surface area contributed by atoms with Crippen molar-refractivity contribution in [2.24, 2.45) is 0 Å². The van der Waals surface area contributed by atoms with Crippen LogP contribution in [0.15, 0.2) is 24.5 Å². The second-order valence-corrected chi connectivity index (χ2v) is 2.55. The largest absolute Gasteiger partial charge is 0.502 e. The molecule has 10 heavy (non-hydrogen) atoms. The molecule has 0 fully saturated rings. The molecule has 0 radical (unpaired) electrons. The van der Waals surface area contributed by atoms with Crippen molar-refractivity contribution in [1.82, 2.24) is 0 Å². The van der Waals surface area contributed by atoms with Crippen LogP contribution in [0.25, 0.3) is 0 Å². The van der Waals surface area contributed by atoms with Crippen molar-refractivity contribution >= 4 is 0 Å². The SMILES string of the molecule is C=C(C)CCCC(=C)OC. The minimum absolute atomic E-state index is 0.862. The van der Waals surface area contributed by atoms with E-state index in [2.05, 4.69) is 13.2 Å². The molecule has 1 heteroatoms. The molecule has 0 atom stereocenters. The average molecular weight is 140 g/mol. The summed E-state index contributed by atoms with van der Waals surface area (Å²) >= 11 is 0. The molecule has 58 valence electrons. The molecule has 0 aromatic heterocycles. The van der Waals surface area contributed by atoms with Crippen LogP contribution in [0.5, 0.6) is 0 Å². The van der Waals surface area contributed by atoms with E-state index in [1.54, 1.807) is 7.11 Å². The number of allylic oxidation sites excluding steroid dienone is 2. The minimum Gasteiger partial charge on any atom is -0.502 e. The van der Waals surface area contributed by atoms with Crippen LogP contribution in [0.1, 0.15) is 26.2 Å². The molecule has 0 aromatic rings. The Labute approximate surface area is 63.4 Å². The average Bonchev–Trinajstić information content (AvgIpc) is 1.87. The first kappa shape index (κ1) is 9.28. The minimum atomic E-state index is 0.862. The summed E-state index contributed by atoms with van der Waals surface area (Å²) < 4.78 is 4.91. The van der Waals surface area contributed by atoms with Crippen molar-refractivity contribution in [2.45, 2.75) is 26.2 Å². The van der Waals surface area contributed by atoms with Crippen LogP contribution in [0.4, 0.5) is 0 Å². The lowest BCUT2D eigenvalue weighted by molar-refractivity contribution is 0.277. The zero-order chi connectivity index (χ0) is 7.98. The normalized spacial score (nSPS) is 9.00. The number of methoxy groups -OCH3 is 1. The van der Waals surface area contributed by atoms with Crippen LogP contribution in [-0.2, 0) is 4.74 Å². The van der Waals surface area contributed by atoms with Gasteiger partial charge in [0.25, 0.3) is 0 Å². The summed E-state index contributed by atoms with van der Waals surface area (Å²) in [5.74, 6) is 0.862. The smallest absolute Gasteiger partial charge is 0.0884 e. The van der Waals surface area contributed by atoms with E-state index < -0.39 is 0 Å². The maximum absolute atomic E-state index is 4.91. The van der Waals surface area contributed by atoms with E-state index in [0.29, 0.717) is 0 Å². The Kier molecular flexibility index (Phi) is 4.73. The van der Waals surface area contributed by atoms with Gasteiger partial charge >= 0.3 is 0 Å². The molecule has 1 nitrogen and oxygen atoms in total. The monoisotopic (exact) mass is 140 g/mol. The van der Waals surface area contributed by atoms with Gasteiger partial charge in [-0.05, 0) is 19.8 Å². The van der Waals surface area contributed by atoms with Crippen LogP contribution in [0.2, 0.25) is 0 Å². The van der Waals surface area contributed by atoms with E-state index in [1.807, 2.05) is 6.92 Å². The van der Waals surface area contributed by atoms with E-state index in [4.69, 9.17) is 4.74 Å². The maximum Gasteiger partial charge on any atom is 0.0884 e. The Morgan fingerprint density at radius 2 is 1.90 bits per heavy atom. The van der Waals surface area contributed by atoms with Gasteiger partial charge in [-0.25, -0.2) is 0 Å². The quantitative estimate of drug-likeness (QED) is 0.421. The summed E-state index contributed by atoms with van der Waals surface area (Å²) in [4.78, 5) is 0. The van der Waals surface area contributed by atoms with Gasteiger partial charge in [-0.15, -0.1) is 6.58 Å². The Hall–Kier alpha value is -0.720. The van der Waals surface area contributed by atoms with Gasteiger partial charge in [-0.2, -0.15) is 0 Å². The topological polar surface area (TPSA) is 9.23 Å². The fourth-order valence-corrected chi connectivity index (χ4v) is 0.689. The molecule has 0 aliphatic carbocycles. The van der Waals surface area contributed by atoms with Gasteiger partial charge in [0, 0.05) is 6.42 Å². The lowest BCUT2D eigenvalue weighted by atomic mass is 10.1. The second-order valence-electron chi connectivity index (χ2n) is 2.55. The fraction of sp³-hybridized carbons (Fsp3) is 0.556. The fourth-order valence-electron chi connectivity index (χ4n) is 0.689. The molecule has 0 rings (SSSR count). The van der Waals surface area contributed by atoms with E-state index in [9.17, 15) is 0 Å². The number of ether oxygens (including phenoxy) is 1. The van der Waals surface area contributed by atoms with Gasteiger partial charge in [0.15, 0.2) is 0 Å². The van der Waals surface area contributed by atoms with E-state index in [-0.39, 0.29) is 0 Å². The molecule has 0 saturated heterocycles. The molecule has 0 saturated carbocycles. The van der Waals surface area contributed by atoms with Gasteiger partial charge in [-0.3, -0.25) is 0 Å². The number of hydrogen-bond acceptors (Lipinski definition) is 1. The van der Waals surface area contributed by atoms with Crippen LogP contribution < -0.4 is 0 Å².